The van der Waals surface area contributed by atoms with Crippen LogP contribution >= 0.6 is 0 Å². The van der Waals surface area contributed by atoms with E-state index in [1.807, 2.05) is 12.1 Å². The molecule has 2 rings (SSSR count). The van der Waals surface area contributed by atoms with E-state index in [0.29, 0.717) is 5.92 Å². The molecule has 0 fully saturated rings. The second-order valence-electron chi connectivity index (χ2n) is 3.48. The first-order valence-corrected chi connectivity index (χ1v) is 5.23. The van der Waals surface area contributed by atoms with E-state index in [0.717, 1.165) is 12.2 Å². The van der Waals surface area contributed by atoms with Crippen molar-refractivity contribution >= 4 is 0 Å². The maximum absolute atomic E-state index is 4.32. The number of aromatic nitrogens is 2. The summed E-state index contributed by atoms with van der Waals surface area (Å²) in [6.07, 6.45) is 4.62. The Morgan fingerprint density at radius 1 is 1.00 bits per heavy atom. The van der Waals surface area contributed by atoms with E-state index in [9.17, 15) is 0 Å². The molecular weight excluding hydrogens is 184 g/mol. The summed E-state index contributed by atoms with van der Waals surface area (Å²) in [5, 5.41) is 0. The van der Waals surface area contributed by atoms with Crippen molar-refractivity contribution in [1.82, 2.24) is 9.97 Å². The summed E-state index contributed by atoms with van der Waals surface area (Å²) in [6.45, 7) is 2.16. The van der Waals surface area contributed by atoms with Crippen LogP contribution in [-0.4, -0.2) is 9.97 Å². The van der Waals surface area contributed by atoms with Gasteiger partial charge in [0.2, 0.25) is 0 Å². The van der Waals surface area contributed by atoms with E-state index in [4.69, 9.17) is 0 Å². The van der Waals surface area contributed by atoms with Crippen molar-refractivity contribution in [3.8, 4) is 0 Å². The summed E-state index contributed by atoms with van der Waals surface area (Å²) in [5.74, 6) is 1.22. The Kier molecular flexibility index (Phi) is 3.08. The largest absolute Gasteiger partial charge is 0.241 e. The van der Waals surface area contributed by atoms with Crippen molar-refractivity contribution in [1.29, 1.82) is 0 Å². The quantitative estimate of drug-likeness (QED) is 0.757. The maximum Gasteiger partial charge on any atom is 0.135 e. The van der Waals surface area contributed by atoms with E-state index < -0.39 is 0 Å². The Morgan fingerprint density at radius 3 is 2.27 bits per heavy atom. The van der Waals surface area contributed by atoms with Gasteiger partial charge in [0, 0.05) is 18.3 Å². The Morgan fingerprint density at radius 2 is 1.67 bits per heavy atom. The molecule has 0 aliphatic rings. The monoisotopic (exact) mass is 198 g/mol. The van der Waals surface area contributed by atoms with E-state index in [1.165, 1.54) is 5.56 Å². The number of hydrogen-bond donors (Lipinski definition) is 0. The lowest BCUT2D eigenvalue weighted by atomic mass is 9.96. The Balaban J connectivity index is 2.34. The zero-order valence-electron chi connectivity index (χ0n) is 8.80. The molecule has 76 valence electrons. The van der Waals surface area contributed by atoms with Gasteiger partial charge in [-0.25, -0.2) is 9.97 Å². The molecular formula is C13H14N2. The summed E-state index contributed by atoms with van der Waals surface area (Å²) in [7, 11) is 0. The van der Waals surface area contributed by atoms with Crippen LogP contribution in [0.4, 0.5) is 0 Å². The van der Waals surface area contributed by atoms with Crippen LogP contribution in [-0.2, 0) is 0 Å². The summed E-state index contributed by atoms with van der Waals surface area (Å²) in [6, 6.07) is 12.3. The summed E-state index contributed by atoms with van der Waals surface area (Å²) < 4.78 is 0. The molecule has 0 bridgehead atoms. The normalized spacial score (nSPS) is 12.3. The first-order valence-electron chi connectivity index (χ1n) is 5.23. The minimum atomic E-state index is 0.312. The van der Waals surface area contributed by atoms with Gasteiger partial charge in [-0.05, 0) is 18.1 Å². The van der Waals surface area contributed by atoms with E-state index in [-0.39, 0.29) is 0 Å². The Bertz CT molecular complexity index is 358. The molecule has 1 unspecified atom stereocenters. The van der Waals surface area contributed by atoms with Gasteiger partial charge < -0.3 is 0 Å². The zero-order chi connectivity index (χ0) is 10.5. The zero-order valence-corrected chi connectivity index (χ0v) is 8.80. The predicted molar refractivity (Wildman–Crippen MR) is 60.6 cm³/mol. The Labute approximate surface area is 90.0 Å². The first kappa shape index (κ1) is 9.84. The molecule has 0 saturated heterocycles. The summed E-state index contributed by atoms with van der Waals surface area (Å²) in [4.78, 5) is 8.63. The van der Waals surface area contributed by atoms with Crippen LogP contribution in [0.1, 0.15) is 30.7 Å². The van der Waals surface area contributed by atoms with Crippen molar-refractivity contribution in [3.05, 3.63) is 60.2 Å². The average Bonchev–Trinajstić information content (AvgIpc) is 2.33. The maximum atomic E-state index is 4.32. The third kappa shape index (κ3) is 2.21. The molecule has 1 aromatic carbocycles. The Hall–Kier alpha value is -1.70. The topological polar surface area (TPSA) is 25.8 Å². The van der Waals surface area contributed by atoms with Crippen molar-refractivity contribution in [2.45, 2.75) is 19.3 Å². The SMILES string of the molecule is CCC(c1ccccc1)c1ncccn1. The molecule has 2 aromatic rings. The van der Waals surface area contributed by atoms with E-state index >= 15 is 0 Å². The van der Waals surface area contributed by atoms with Crippen LogP contribution in [0.5, 0.6) is 0 Å². The van der Waals surface area contributed by atoms with Gasteiger partial charge in [-0.2, -0.15) is 0 Å². The van der Waals surface area contributed by atoms with Crippen LogP contribution in [0.15, 0.2) is 48.8 Å². The lowest BCUT2D eigenvalue weighted by Gasteiger charge is -2.12. The van der Waals surface area contributed by atoms with Gasteiger partial charge in [0.25, 0.3) is 0 Å². The molecule has 1 atom stereocenters. The third-order valence-electron chi connectivity index (χ3n) is 2.51. The highest BCUT2D eigenvalue weighted by molar-refractivity contribution is 5.24. The van der Waals surface area contributed by atoms with Gasteiger partial charge in [0.15, 0.2) is 0 Å². The van der Waals surface area contributed by atoms with E-state index in [2.05, 4.69) is 41.2 Å². The fraction of sp³-hybridized carbons (Fsp3) is 0.231. The second-order valence-corrected chi connectivity index (χ2v) is 3.48. The number of hydrogen-bond acceptors (Lipinski definition) is 2. The summed E-state index contributed by atoms with van der Waals surface area (Å²) in [5.41, 5.74) is 1.28. The van der Waals surface area contributed by atoms with Crippen molar-refractivity contribution < 1.29 is 0 Å². The smallest absolute Gasteiger partial charge is 0.135 e. The first-order chi connectivity index (χ1) is 7.42. The molecule has 0 N–H and O–H groups in total. The highest BCUT2D eigenvalue weighted by Crippen LogP contribution is 2.23. The fourth-order valence-electron chi connectivity index (χ4n) is 1.74. The number of rotatable bonds is 3. The standard InChI is InChI=1S/C13H14N2/c1-2-12(11-7-4-3-5-8-11)13-14-9-6-10-15-13/h3-10,12H,2H2,1H3. The molecule has 15 heavy (non-hydrogen) atoms. The van der Waals surface area contributed by atoms with Crippen molar-refractivity contribution in [2.24, 2.45) is 0 Å². The second kappa shape index (κ2) is 4.69. The van der Waals surface area contributed by atoms with Gasteiger partial charge in [-0.1, -0.05) is 37.3 Å². The number of benzene rings is 1. The summed E-state index contributed by atoms with van der Waals surface area (Å²) >= 11 is 0. The van der Waals surface area contributed by atoms with Crippen LogP contribution in [0.3, 0.4) is 0 Å². The van der Waals surface area contributed by atoms with Gasteiger partial charge in [0.1, 0.15) is 5.82 Å². The van der Waals surface area contributed by atoms with Gasteiger partial charge in [-0.15, -0.1) is 0 Å². The highest BCUT2D eigenvalue weighted by atomic mass is 14.9. The van der Waals surface area contributed by atoms with Gasteiger partial charge >= 0.3 is 0 Å². The van der Waals surface area contributed by atoms with Crippen molar-refractivity contribution in [3.63, 3.8) is 0 Å². The van der Waals surface area contributed by atoms with Crippen molar-refractivity contribution in [2.75, 3.05) is 0 Å². The lowest BCUT2D eigenvalue weighted by molar-refractivity contribution is 0.716. The van der Waals surface area contributed by atoms with Crippen LogP contribution < -0.4 is 0 Å². The molecule has 2 nitrogen and oxygen atoms in total. The third-order valence-corrected chi connectivity index (χ3v) is 2.51. The van der Waals surface area contributed by atoms with Crippen LogP contribution in [0, 0.1) is 0 Å². The van der Waals surface area contributed by atoms with E-state index in [1.54, 1.807) is 12.4 Å². The molecule has 1 aromatic heterocycles. The molecule has 0 spiro atoms. The lowest BCUT2D eigenvalue weighted by Crippen LogP contribution is -2.04. The molecule has 2 heteroatoms. The molecule has 0 aliphatic carbocycles. The average molecular weight is 198 g/mol. The highest BCUT2D eigenvalue weighted by Gasteiger charge is 2.13. The fourth-order valence-corrected chi connectivity index (χ4v) is 1.74. The number of nitrogens with zero attached hydrogens (tertiary/aromatic N) is 2. The van der Waals surface area contributed by atoms with Gasteiger partial charge in [-0.3, -0.25) is 0 Å². The van der Waals surface area contributed by atoms with Crippen LogP contribution in [0.25, 0.3) is 0 Å². The molecule has 0 aliphatic heterocycles. The molecule has 0 amide bonds. The predicted octanol–water partition coefficient (Wildman–Crippen LogP) is 3.02. The minimum absolute atomic E-state index is 0.312. The molecule has 1 heterocycles. The molecule has 0 radical (unpaired) electrons. The van der Waals surface area contributed by atoms with Gasteiger partial charge in [0.05, 0.1) is 0 Å². The van der Waals surface area contributed by atoms with Crippen LogP contribution in [0.2, 0.25) is 0 Å². The minimum Gasteiger partial charge on any atom is -0.241 e. The molecule has 0 saturated carbocycles.